The molecule has 1 heterocycles. The van der Waals surface area contributed by atoms with E-state index in [9.17, 15) is 4.79 Å². The minimum absolute atomic E-state index is 0.108. The number of aromatic nitrogens is 2. The van der Waals surface area contributed by atoms with E-state index in [-0.39, 0.29) is 12.1 Å². The van der Waals surface area contributed by atoms with Crippen LogP contribution in [0.3, 0.4) is 0 Å². The topological polar surface area (TPSA) is 56.1 Å². The van der Waals surface area contributed by atoms with Crippen LogP contribution >= 0.6 is 0 Å². The highest BCUT2D eigenvalue weighted by molar-refractivity contribution is 5.68. The Morgan fingerprint density at radius 1 is 1.52 bits per heavy atom. The summed E-state index contributed by atoms with van der Waals surface area (Å²) in [7, 11) is 0. The van der Waals surface area contributed by atoms with Crippen molar-refractivity contribution < 1.29 is 9.53 Å². The Labute approximate surface area is 127 Å². The van der Waals surface area contributed by atoms with E-state index in [2.05, 4.69) is 14.9 Å². The number of carbonyl (C=O) groups excluding carboxylic acids is 1. The van der Waals surface area contributed by atoms with E-state index in [1.165, 1.54) is 25.7 Å². The number of carbonyl (C=O) groups is 1. The molecule has 0 aromatic carbocycles. The molecule has 1 aromatic heterocycles. The summed E-state index contributed by atoms with van der Waals surface area (Å²) in [4.78, 5) is 16.0. The summed E-state index contributed by atoms with van der Waals surface area (Å²) in [6.07, 6.45) is 8.54. The van der Waals surface area contributed by atoms with Gasteiger partial charge in [-0.15, -0.1) is 0 Å². The lowest BCUT2D eigenvalue weighted by atomic mass is 10.2. The number of alkyl carbamates (subject to hydrolysis) is 1. The Bertz CT molecular complexity index is 472. The molecule has 0 bridgehead atoms. The first kappa shape index (κ1) is 15.9. The molecule has 1 saturated carbocycles. The van der Waals surface area contributed by atoms with Crippen LogP contribution in [-0.4, -0.2) is 21.2 Å². The number of nitrogens with one attached hydrogen (secondary N) is 1. The monoisotopic (exact) mass is 293 g/mol. The Morgan fingerprint density at radius 3 is 2.86 bits per heavy atom. The Morgan fingerprint density at radius 2 is 2.24 bits per heavy atom. The minimum Gasteiger partial charge on any atom is -0.444 e. The summed E-state index contributed by atoms with van der Waals surface area (Å²) in [5, 5.41) is 2.87. The first-order valence-corrected chi connectivity index (χ1v) is 7.84. The van der Waals surface area contributed by atoms with Crippen LogP contribution < -0.4 is 5.32 Å². The van der Waals surface area contributed by atoms with Crippen molar-refractivity contribution in [1.82, 2.24) is 14.9 Å². The number of nitrogens with zero attached hydrogens (tertiary/aromatic N) is 2. The lowest BCUT2D eigenvalue weighted by Crippen LogP contribution is -2.34. The van der Waals surface area contributed by atoms with Crippen molar-refractivity contribution in [2.45, 2.75) is 71.6 Å². The third-order valence-corrected chi connectivity index (χ3v) is 3.63. The average Bonchev–Trinajstić information content (AvgIpc) is 3.03. The van der Waals surface area contributed by atoms with Crippen molar-refractivity contribution in [3.8, 4) is 0 Å². The van der Waals surface area contributed by atoms with E-state index in [1.54, 1.807) is 0 Å². The number of hydrogen-bond donors (Lipinski definition) is 1. The summed E-state index contributed by atoms with van der Waals surface area (Å²) in [6.45, 7) is 8.50. The summed E-state index contributed by atoms with van der Waals surface area (Å²) < 4.78 is 7.42. The molecule has 0 radical (unpaired) electrons. The fourth-order valence-electron chi connectivity index (χ4n) is 2.39. The van der Waals surface area contributed by atoms with E-state index in [4.69, 9.17) is 4.74 Å². The highest BCUT2D eigenvalue weighted by Crippen LogP contribution is 2.33. The summed E-state index contributed by atoms with van der Waals surface area (Å²) in [5.74, 6) is 0.953. The second-order valence-electron chi connectivity index (χ2n) is 6.97. The fourth-order valence-corrected chi connectivity index (χ4v) is 2.39. The normalized spacial score (nSPS) is 16.6. The molecule has 1 atom stereocenters. The summed E-state index contributed by atoms with van der Waals surface area (Å²) >= 11 is 0. The maximum Gasteiger partial charge on any atom is 0.408 e. The quantitative estimate of drug-likeness (QED) is 0.871. The molecule has 21 heavy (non-hydrogen) atoms. The third kappa shape index (κ3) is 5.40. The van der Waals surface area contributed by atoms with Gasteiger partial charge in [0.25, 0.3) is 0 Å². The molecule has 1 N–H and O–H groups in total. The smallest absolute Gasteiger partial charge is 0.408 e. The molecule has 1 aliphatic rings. The van der Waals surface area contributed by atoms with Gasteiger partial charge in [-0.05, 0) is 46.5 Å². The number of amides is 1. The van der Waals surface area contributed by atoms with Gasteiger partial charge in [-0.1, -0.05) is 12.8 Å². The van der Waals surface area contributed by atoms with Crippen LogP contribution in [0.4, 0.5) is 4.79 Å². The van der Waals surface area contributed by atoms with Crippen LogP contribution in [0.5, 0.6) is 0 Å². The Balaban J connectivity index is 1.84. The standard InChI is InChI=1S/C16H27N3O2/c1-12(18-15(20)21-16(2,3)4)14-10-17-11-19(14)9-5-6-13-7-8-13/h10-13H,5-9H2,1-4H3,(H,18,20)/t12-/m0/s1. The molecular weight excluding hydrogens is 266 g/mol. The van der Waals surface area contributed by atoms with E-state index in [1.807, 2.05) is 40.2 Å². The van der Waals surface area contributed by atoms with Crippen molar-refractivity contribution in [1.29, 1.82) is 0 Å². The Hall–Kier alpha value is -1.52. The van der Waals surface area contributed by atoms with Gasteiger partial charge in [-0.3, -0.25) is 0 Å². The second kappa shape index (κ2) is 6.50. The van der Waals surface area contributed by atoms with E-state index in [0.29, 0.717) is 0 Å². The summed E-state index contributed by atoms with van der Waals surface area (Å²) in [6, 6.07) is -0.108. The van der Waals surface area contributed by atoms with Crippen LogP contribution in [-0.2, 0) is 11.3 Å². The highest BCUT2D eigenvalue weighted by atomic mass is 16.6. The zero-order valence-electron chi connectivity index (χ0n) is 13.6. The van der Waals surface area contributed by atoms with E-state index >= 15 is 0 Å². The predicted octanol–water partition coefficient (Wildman–Crippen LogP) is 3.66. The van der Waals surface area contributed by atoms with Crippen LogP contribution in [0.1, 0.15) is 65.1 Å². The molecule has 0 aliphatic heterocycles. The Kier molecular flexibility index (Phi) is 4.91. The zero-order chi connectivity index (χ0) is 15.5. The third-order valence-electron chi connectivity index (χ3n) is 3.63. The lowest BCUT2D eigenvalue weighted by molar-refractivity contribution is 0.0506. The molecule has 1 amide bonds. The van der Waals surface area contributed by atoms with Crippen LogP contribution in [0.2, 0.25) is 0 Å². The van der Waals surface area contributed by atoms with Gasteiger partial charge in [0, 0.05) is 6.54 Å². The molecule has 5 heteroatoms. The molecular formula is C16H27N3O2. The fraction of sp³-hybridized carbons (Fsp3) is 0.750. The SMILES string of the molecule is C[C@H](NC(=O)OC(C)(C)C)c1cncn1CCCC1CC1. The summed E-state index contributed by atoms with van der Waals surface area (Å²) in [5.41, 5.74) is 0.547. The van der Waals surface area contributed by atoms with Gasteiger partial charge < -0.3 is 14.6 Å². The molecule has 0 spiro atoms. The number of aryl methyl sites for hydroxylation is 1. The number of rotatable bonds is 6. The molecule has 0 saturated heterocycles. The first-order chi connectivity index (χ1) is 9.85. The van der Waals surface area contributed by atoms with Gasteiger partial charge in [0.05, 0.1) is 24.3 Å². The van der Waals surface area contributed by atoms with Crippen molar-refractivity contribution in [2.24, 2.45) is 5.92 Å². The van der Waals surface area contributed by atoms with E-state index < -0.39 is 5.60 Å². The molecule has 1 aliphatic carbocycles. The highest BCUT2D eigenvalue weighted by Gasteiger charge is 2.21. The number of hydrogen-bond acceptors (Lipinski definition) is 3. The van der Waals surface area contributed by atoms with Gasteiger partial charge in [0.1, 0.15) is 5.60 Å². The van der Waals surface area contributed by atoms with Gasteiger partial charge >= 0.3 is 6.09 Å². The second-order valence-corrected chi connectivity index (χ2v) is 6.97. The van der Waals surface area contributed by atoms with Gasteiger partial charge in [-0.2, -0.15) is 0 Å². The molecule has 118 valence electrons. The average molecular weight is 293 g/mol. The van der Waals surface area contributed by atoms with Crippen LogP contribution in [0.25, 0.3) is 0 Å². The zero-order valence-corrected chi connectivity index (χ0v) is 13.6. The van der Waals surface area contributed by atoms with E-state index in [0.717, 1.165) is 18.2 Å². The van der Waals surface area contributed by atoms with Crippen molar-refractivity contribution >= 4 is 6.09 Å². The van der Waals surface area contributed by atoms with Gasteiger partial charge in [0.15, 0.2) is 0 Å². The number of imidazole rings is 1. The minimum atomic E-state index is -0.478. The van der Waals surface area contributed by atoms with Crippen molar-refractivity contribution in [3.63, 3.8) is 0 Å². The molecule has 0 unspecified atom stereocenters. The lowest BCUT2D eigenvalue weighted by Gasteiger charge is -2.22. The maximum absolute atomic E-state index is 11.8. The van der Waals surface area contributed by atoms with Crippen LogP contribution in [0.15, 0.2) is 12.5 Å². The van der Waals surface area contributed by atoms with Gasteiger partial charge in [-0.25, -0.2) is 9.78 Å². The number of ether oxygens (including phenoxy) is 1. The van der Waals surface area contributed by atoms with Gasteiger partial charge in [0.2, 0.25) is 0 Å². The largest absolute Gasteiger partial charge is 0.444 e. The molecule has 1 aromatic rings. The molecule has 5 nitrogen and oxygen atoms in total. The predicted molar refractivity (Wildman–Crippen MR) is 82.0 cm³/mol. The first-order valence-electron chi connectivity index (χ1n) is 7.84. The van der Waals surface area contributed by atoms with Crippen molar-refractivity contribution in [3.05, 3.63) is 18.2 Å². The maximum atomic E-state index is 11.8. The molecule has 1 fully saturated rings. The molecule has 2 rings (SSSR count). The van der Waals surface area contributed by atoms with Crippen molar-refractivity contribution in [2.75, 3.05) is 0 Å². The van der Waals surface area contributed by atoms with Crippen LogP contribution in [0, 0.1) is 5.92 Å².